The number of nitrogens with zero attached hydrogens (tertiary/aromatic N) is 1. The average molecular weight is 239 g/mol. The van der Waals surface area contributed by atoms with Crippen molar-refractivity contribution in [1.29, 1.82) is 0 Å². The van der Waals surface area contributed by atoms with Gasteiger partial charge in [0.25, 0.3) is 0 Å². The summed E-state index contributed by atoms with van der Waals surface area (Å²) in [7, 11) is 0. The van der Waals surface area contributed by atoms with E-state index in [2.05, 4.69) is 0 Å². The molecule has 0 aliphatic carbocycles. The molecule has 2 aromatic rings. The molecule has 0 amide bonds. The summed E-state index contributed by atoms with van der Waals surface area (Å²) in [5, 5.41) is 12.3. The molecule has 0 saturated heterocycles. The molecular formula is C16H17NO. The van der Waals surface area contributed by atoms with E-state index in [1.54, 1.807) is 6.21 Å². The predicted octanol–water partition coefficient (Wildman–Crippen LogP) is 3.55. The van der Waals surface area contributed by atoms with E-state index in [4.69, 9.17) is 0 Å². The first-order valence-corrected chi connectivity index (χ1v) is 6.02. The van der Waals surface area contributed by atoms with Crippen LogP contribution in [0.3, 0.4) is 0 Å². The molecule has 2 aromatic carbocycles. The topological polar surface area (TPSA) is 26.1 Å². The first-order valence-electron chi connectivity index (χ1n) is 6.02. The lowest BCUT2D eigenvalue weighted by atomic mass is 9.95. The third-order valence-electron chi connectivity index (χ3n) is 3.10. The highest BCUT2D eigenvalue weighted by Gasteiger charge is 2.28. The fourth-order valence-electron chi connectivity index (χ4n) is 1.81. The van der Waals surface area contributed by atoms with Gasteiger partial charge in [-0.05, 0) is 12.1 Å². The number of hydroxylamine groups is 1. The molecule has 2 heteroatoms. The first kappa shape index (κ1) is 12.4. The van der Waals surface area contributed by atoms with E-state index in [9.17, 15) is 5.21 Å². The molecule has 2 rings (SSSR count). The normalized spacial score (nSPS) is 12.4. The molecule has 0 saturated carbocycles. The lowest BCUT2D eigenvalue weighted by molar-refractivity contribution is -0.545. The van der Waals surface area contributed by atoms with Gasteiger partial charge in [0.15, 0.2) is 11.8 Å². The van der Waals surface area contributed by atoms with E-state index < -0.39 is 5.54 Å². The van der Waals surface area contributed by atoms with Gasteiger partial charge < -0.3 is 5.21 Å². The third kappa shape index (κ3) is 2.59. The van der Waals surface area contributed by atoms with Crippen molar-refractivity contribution in [2.75, 3.05) is 0 Å². The minimum Gasteiger partial charge on any atom is -0.623 e. The van der Waals surface area contributed by atoms with E-state index >= 15 is 0 Å². The van der Waals surface area contributed by atoms with Crippen LogP contribution in [0.25, 0.3) is 0 Å². The van der Waals surface area contributed by atoms with Crippen molar-refractivity contribution in [3.63, 3.8) is 0 Å². The van der Waals surface area contributed by atoms with Crippen LogP contribution in [0, 0.1) is 5.21 Å². The van der Waals surface area contributed by atoms with Gasteiger partial charge in [-0.3, -0.25) is 0 Å². The van der Waals surface area contributed by atoms with Gasteiger partial charge in [-0.25, -0.2) is 4.74 Å². The summed E-state index contributed by atoms with van der Waals surface area (Å²) in [5.41, 5.74) is 1.35. The molecule has 2 nitrogen and oxygen atoms in total. The lowest BCUT2D eigenvalue weighted by Crippen LogP contribution is -2.30. The summed E-state index contributed by atoms with van der Waals surface area (Å²) < 4.78 is 1.01. The van der Waals surface area contributed by atoms with Crippen LogP contribution in [0.5, 0.6) is 0 Å². The zero-order chi connectivity index (χ0) is 13.0. The van der Waals surface area contributed by atoms with Crippen molar-refractivity contribution in [2.45, 2.75) is 19.4 Å². The highest BCUT2D eigenvalue weighted by atomic mass is 16.5. The zero-order valence-electron chi connectivity index (χ0n) is 10.7. The second kappa shape index (κ2) is 5.05. The van der Waals surface area contributed by atoms with Crippen LogP contribution in [0.15, 0.2) is 60.7 Å². The molecule has 0 unspecified atom stereocenters. The van der Waals surface area contributed by atoms with E-state index in [-0.39, 0.29) is 0 Å². The quantitative estimate of drug-likeness (QED) is 0.348. The van der Waals surface area contributed by atoms with E-state index in [1.165, 1.54) is 0 Å². The number of benzene rings is 2. The molecule has 0 aromatic heterocycles. The Morgan fingerprint density at radius 3 is 1.94 bits per heavy atom. The Morgan fingerprint density at radius 2 is 1.39 bits per heavy atom. The first-order chi connectivity index (χ1) is 8.60. The van der Waals surface area contributed by atoms with Crippen molar-refractivity contribution in [1.82, 2.24) is 0 Å². The van der Waals surface area contributed by atoms with Gasteiger partial charge in [-0.2, -0.15) is 0 Å². The second-order valence-corrected chi connectivity index (χ2v) is 4.79. The number of rotatable bonds is 3. The molecule has 0 heterocycles. The smallest absolute Gasteiger partial charge is 0.192 e. The van der Waals surface area contributed by atoms with Crippen molar-refractivity contribution >= 4 is 6.21 Å². The Kier molecular flexibility index (Phi) is 3.47. The summed E-state index contributed by atoms with van der Waals surface area (Å²) in [4.78, 5) is 0. The van der Waals surface area contributed by atoms with Crippen LogP contribution in [0.2, 0.25) is 0 Å². The third-order valence-corrected chi connectivity index (χ3v) is 3.10. The van der Waals surface area contributed by atoms with Crippen LogP contribution in [0.1, 0.15) is 25.0 Å². The standard InChI is InChI=1S/C16H17NO/c1-16(2,15-11-7-4-8-12-15)17(18)13-14-9-5-3-6-10-14/h3-13H,1-2H3. The molecule has 92 valence electrons. The van der Waals surface area contributed by atoms with Crippen LogP contribution in [-0.2, 0) is 5.54 Å². The molecule has 0 N–H and O–H groups in total. The van der Waals surface area contributed by atoms with Crippen molar-refractivity contribution < 1.29 is 4.74 Å². The van der Waals surface area contributed by atoms with Crippen molar-refractivity contribution in [3.8, 4) is 0 Å². The van der Waals surface area contributed by atoms with E-state index in [0.29, 0.717) is 0 Å². The minimum atomic E-state index is -0.572. The van der Waals surface area contributed by atoms with Crippen LogP contribution in [-0.4, -0.2) is 11.0 Å². The highest BCUT2D eigenvalue weighted by Crippen LogP contribution is 2.23. The summed E-state index contributed by atoms with van der Waals surface area (Å²) in [6, 6.07) is 19.4. The largest absolute Gasteiger partial charge is 0.623 e. The maximum absolute atomic E-state index is 12.3. The van der Waals surface area contributed by atoms with Gasteiger partial charge in [-0.1, -0.05) is 48.5 Å². The molecule has 0 fully saturated rings. The van der Waals surface area contributed by atoms with Gasteiger partial charge in [0.05, 0.1) is 0 Å². The molecule has 0 spiro atoms. The maximum Gasteiger partial charge on any atom is 0.192 e. The van der Waals surface area contributed by atoms with Gasteiger partial charge in [0.2, 0.25) is 0 Å². The van der Waals surface area contributed by atoms with Gasteiger partial charge in [0.1, 0.15) is 0 Å². The highest BCUT2D eigenvalue weighted by molar-refractivity contribution is 5.75. The summed E-state index contributed by atoms with van der Waals surface area (Å²) in [6.07, 6.45) is 1.63. The van der Waals surface area contributed by atoms with Gasteiger partial charge in [-0.15, -0.1) is 0 Å². The fraction of sp³-hybridized carbons (Fsp3) is 0.188. The summed E-state index contributed by atoms with van der Waals surface area (Å²) in [5.74, 6) is 0. The molecule has 0 radical (unpaired) electrons. The number of hydrogen-bond donors (Lipinski definition) is 0. The van der Waals surface area contributed by atoms with Crippen LogP contribution in [0.4, 0.5) is 0 Å². The lowest BCUT2D eigenvalue weighted by Gasteiger charge is -2.24. The Hall–Kier alpha value is -2.09. The molecule has 0 atom stereocenters. The summed E-state index contributed by atoms with van der Waals surface area (Å²) in [6.45, 7) is 3.85. The molecule has 0 bridgehead atoms. The minimum absolute atomic E-state index is 0.572. The van der Waals surface area contributed by atoms with Gasteiger partial charge in [0, 0.05) is 25.0 Å². The predicted molar refractivity (Wildman–Crippen MR) is 74.7 cm³/mol. The van der Waals surface area contributed by atoms with Gasteiger partial charge >= 0.3 is 0 Å². The maximum atomic E-state index is 12.3. The second-order valence-electron chi connectivity index (χ2n) is 4.79. The van der Waals surface area contributed by atoms with E-state index in [0.717, 1.165) is 15.9 Å². The molecular weight excluding hydrogens is 222 g/mol. The Labute approximate surface area is 108 Å². The Morgan fingerprint density at radius 1 is 0.889 bits per heavy atom. The van der Waals surface area contributed by atoms with Crippen molar-refractivity contribution in [2.24, 2.45) is 0 Å². The Balaban J connectivity index is 2.33. The number of hydrogen-bond acceptors (Lipinski definition) is 1. The summed E-state index contributed by atoms with van der Waals surface area (Å²) >= 11 is 0. The Bertz CT molecular complexity index is 530. The monoisotopic (exact) mass is 239 g/mol. The van der Waals surface area contributed by atoms with Crippen molar-refractivity contribution in [3.05, 3.63) is 77.0 Å². The molecule has 0 aliphatic heterocycles. The molecule has 18 heavy (non-hydrogen) atoms. The van der Waals surface area contributed by atoms with E-state index in [1.807, 2.05) is 74.5 Å². The zero-order valence-corrected chi connectivity index (χ0v) is 10.7. The van der Waals surface area contributed by atoms with Crippen LogP contribution < -0.4 is 0 Å². The fourth-order valence-corrected chi connectivity index (χ4v) is 1.81. The molecule has 0 aliphatic rings. The van der Waals surface area contributed by atoms with Crippen LogP contribution >= 0.6 is 0 Å². The average Bonchev–Trinajstić information content (AvgIpc) is 2.41. The SMILES string of the molecule is CC(C)(c1ccccc1)[N+]([O-])=Cc1ccccc1.